The minimum atomic E-state index is 0.364. The number of hydrogen-bond donors (Lipinski definition) is 0. The first-order chi connectivity index (χ1) is 8.74. The lowest BCUT2D eigenvalue weighted by Crippen LogP contribution is -1.92. The summed E-state index contributed by atoms with van der Waals surface area (Å²) >= 11 is 0. The molecule has 0 unspecified atom stereocenters. The SMILES string of the molecule is COc1ccc(-c2cccc(C)c2)cc1CC#N. The summed E-state index contributed by atoms with van der Waals surface area (Å²) < 4.78 is 5.26. The third kappa shape index (κ3) is 2.52. The number of hydrogen-bond acceptors (Lipinski definition) is 2. The molecule has 0 aliphatic heterocycles. The van der Waals surface area contributed by atoms with Crippen LogP contribution in [0, 0.1) is 18.3 Å². The molecule has 0 aromatic heterocycles. The van der Waals surface area contributed by atoms with Crippen LogP contribution >= 0.6 is 0 Å². The summed E-state index contributed by atoms with van der Waals surface area (Å²) in [5.74, 6) is 0.771. The molecule has 0 atom stereocenters. The van der Waals surface area contributed by atoms with Crippen molar-refractivity contribution in [1.29, 1.82) is 5.26 Å². The summed E-state index contributed by atoms with van der Waals surface area (Å²) in [4.78, 5) is 0. The molecule has 2 rings (SSSR count). The van der Waals surface area contributed by atoms with Crippen molar-refractivity contribution < 1.29 is 4.74 Å². The summed E-state index contributed by atoms with van der Waals surface area (Å²) in [7, 11) is 1.63. The van der Waals surface area contributed by atoms with Gasteiger partial charge in [-0.1, -0.05) is 35.9 Å². The van der Waals surface area contributed by atoms with Crippen molar-refractivity contribution in [2.75, 3.05) is 7.11 Å². The maximum absolute atomic E-state index is 8.84. The van der Waals surface area contributed by atoms with Gasteiger partial charge >= 0.3 is 0 Å². The Kier molecular flexibility index (Phi) is 3.64. The number of benzene rings is 2. The minimum absolute atomic E-state index is 0.364. The molecule has 0 amide bonds. The second kappa shape index (κ2) is 5.37. The van der Waals surface area contributed by atoms with E-state index in [2.05, 4.69) is 31.2 Å². The van der Waals surface area contributed by atoms with Crippen LogP contribution < -0.4 is 4.74 Å². The van der Waals surface area contributed by atoms with Crippen LogP contribution in [0.2, 0.25) is 0 Å². The number of rotatable bonds is 3. The van der Waals surface area contributed by atoms with Gasteiger partial charge in [0, 0.05) is 5.56 Å². The predicted octanol–water partition coefficient (Wildman–Crippen LogP) is 3.74. The van der Waals surface area contributed by atoms with Crippen LogP contribution in [0.4, 0.5) is 0 Å². The van der Waals surface area contributed by atoms with Crippen molar-refractivity contribution in [2.24, 2.45) is 0 Å². The van der Waals surface area contributed by atoms with Crippen LogP contribution in [0.3, 0.4) is 0 Å². The van der Waals surface area contributed by atoms with Crippen LogP contribution in [0.1, 0.15) is 11.1 Å². The van der Waals surface area contributed by atoms with E-state index in [-0.39, 0.29) is 0 Å². The van der Waals surface area contributed by atoms with Crippen molar-refractivity contribution in [3.05, 3.63) is 53.6 Å². The van der Waals surface area contributed by atoms with Crippen LogP contribution in [-0.4, -0.2) is 7.11 Å². The fourth-order valence-electron chi connectivity index (χ4n) is 2.01. The molecule has 2 heteroatoms. The lowest BCUT2D eigenvalue weighted by Gasteiger charge is -2.09. The van der Waals surface area contributed by atoms with Crippen LogP contribution in [-0.2, 0) is 6.42 Å². The van der Waals surface area contributed by atoms with Crippen LogP contribution in [0.15, 0.2) is 42.5 Å². The van der Waals surface area contributed by atoms with E-state index in [4.69, 9.17) is 10.00 Å². The predicted molar refractivity (Wildman–Crippen MR) is 72.5 cm³/mol. The standard InChI is InChI=1S/C16H15NO/c1-12-4-3-5-13(10-12)14-6-7-16(18-2)15(11-14)8-9-17/h3-7,10-11H,8H2,1-2H3. The highest BCUT2D eigenvalue weighted by atomic mass is 16.5. The zero-order valence-corrected chi connectivity index (χ0v) is 10.6. The molecule has 0 aliphatic carbocycles. The first kappa shape index (κ1) is 12.2. The highest BCUT2D eigenvalue weighted by Gasteiger charge is 2.05. The molecule has 0 heterocycles. The maximum atomic E-state index is 8.84. The van der Waals surface area contributed by atoms with E-state index < -0.39 is 0 Å². The number of nitriles is 1. The summed E-state index contributed by atoms with van der Waals surface area (Å²) in [5.41, 5.74) is 4.44. The van der Waals surface area contributed by atoms with Gasteiger partial charge in [0.2, 0.25) is 0 Å². The Bertz CT molecular complexity index is 596. The van der Waals surface area contributed by atoms with E-state index in [0.717, 1.165) is 22.4 Å². The third-order valence-corrected chi connectivity index (χ3v) is 2.90. The minimum Gasteiger partial charge on any atom is -0.496 e. The van der Waals surface area contributed by atoms with Crippen molar-refractivity contribution in [2.45, 2.75) is 13.3 Å². The third-order valence-electron chi connectivity index (χ3n) is 2.90. The fourth-order valence-corrected chi connectivity index (χ4v) is 2.01. The second-order valence-corrected chi connectivity index (χ2v) is 4.23. The molecular formula is C16H15NO. The van der Waals surface area contributed by atoms with E-state index in [1.165, 1.54) is 5.56 Å². The molecule has 0 N–H and O–H groups in total. The maximum Gasteiger partial charge on any atom is 0.123 e. The molecule has 90 valence electrons. The monoisotopic (exact) mass is 237 g/mol. The lowest BCUT2D eigenvalue weighted by atomic mass is 10.00. The Labute approximate surface area is 107 Å². The summed E-state index contributed by atoms with van der Waals surface area (Å²) in [5, 5.41) is 8.84. The first-order valence-electron chi connectivity index (χ1n) is 5.85. The number of ether oxygens (including phenoxy) is 1. The zero-order valence-electron chi connectivity index (χ0n) is 10.6. The Morgan fingerprint density at radius 2 is 1.89 bits per heavy atom. The van der Waals surface area contributed by atoms with E-state index >= 15 is 0 Å². The zero-order chi connectivity index (χ0) is 13.0. The molecule has 0 bridgehead atoms. The number of methoxy groups -OCH3 is 1. The van der Waals surface area contributed by atoms with Gasteiger partial charge in [-0.2, -0.15) is 5.26 Å². The quantitative estimate of drug-likeness (QED) is 0.814. The van der Waals surface area contributed by atoms with Gasteiger partial charge < -0.3 is 4.74 Å². The molecule has 0 saturated heterocycles. The van der Waals surface area contributed by atoms with Gasteiger partial charge in [0.1, 0.15) is 5.75 Å². The average molecular weight is 237 g/mol. The van der Waals surface area contributed by atoms with Gasteiger partial charge in [0.25, 0.3) is 0 Å². The second-order valence-electron chi connectivity index (χ2n) is 4.23. The van der Waals surface area contributed by atoms with Crippen molar-refractivity contribution in [1.82, 2.24) is 0 Å². The molecule has 18 heavy (non-hydrogen) atoms. The van der Waals surface area contributed by atoms with Gasteiger partial charge in [-0.25, -0.2) is 0 Å². The lowest BCUT2D eigenvalue weighted by molar-refractivity contribution is 0.411. The Morgan fingerprint density at radius 1 is 1.11 bits per heavy atom. The molecule has 0 aliphatic rings. The molecular weight excluding hydrogens is 222 g/mol. The molecule has 2 aromatic rings. The smallest absolute Gasteiger partial charge is 0.123 e. The normalized spacial score (nSPS) is 9.83. The molecule has 2 nitrogen and oxygen atoms in total. The Hall–Kier alpha value is -2.27. The highest BCUT2D eigenvalue weighted by molar-refractivity contribution is 5.66. The van der Waals surface area contributed by atoms with E-state index in [0.29, 0.717) is 6.42 Å². The van der Waals surface area contributed by atoms with Gasteiger partial charge in [-0.3, -0.25) is 0 Å². The first-order valence-corrected chi connectivity index (χ1v) is 5.85. The van der Waals surface area contributed by atoms with E-state index in [1.807, 2.05) is 24.3 Å². The Balaban J connectivity index is 2.47. The molecule has 2 aromatic carbocycles. The summed E-state index contributed by atoms with van der Waals surface area (Å²) in [6.45, 7) is 2.07. The molecule has 0 saturated carbocycles. The van der Waals surface area contributed by atoms with Crippen LogP contribution in [0.5, 0.6) is 5.75 Å². The largest absolute Gasteiger partial charge is 0.496 e. The van der Waals surface area contributed by atoms with Crippen molar-refractivity contribution in [3.63, 3.8) is 0 Å². The average Bonchev–Trinajstić information content (AvgIpc) is 2.39. The van der Waals surface area contributed by atoms with E-state index in [1.54, 1.807) is 7.11 Å². The fraction of sp³-hybridized carbons (Fsp3) is 0.188. The Morgan fingerprint density at radius 3 is 2.56 bits per heavy atom. The molecule has 0 radical (unpaired) electrons. The highest BCUT2D eigenvalue weighted by Crippen LogP contribution is 2.27. The number of aryl methyl sites for hydroxylation is 1. The summed E-state index contributed by atoms with van der Waals surface area (Å²) in [6, 6.07) is 16.5. The number of nitrogens with zero attached hydrogens (tertiary/aromatic N) is 1. The van der Waals surface area contributed by atoms with Gasteiger partial charge in [-0.05, 0) is 30.2 Å². The van der Waals surface area contributed by atoms with Gasteiger partial charge in [-0.15, -0.1) is 0 Å². The van der Waals surface area contributed by atoms with Gasteiger partial charge in [0.05, 0.1) is 19.6 Å². The van der Waals surface area contributed by atoms with Crippen molar-refractivity contribution in [3.8, 4) is 22.9 Å². The summed E-state index contributed by atoms with van der Waals surface area (Å²) in [6.07, 6.45) is 0.364. The van der Waals surface area contributed by atoms with Crippen LogP contribution in [0.25, 0.3) is 11.1 Å². The molecule has 0 fully saturated rings. The van der Waals surface area contributed by atoms with Gasteiger partial charge in [0.15, 0.2) is 0 Å². The topological polar surface area (TPSA) is 33.0 Å². The van der Waals surface area contributed by atoms with E-state index in [9.17, 15) is 0 Å². The molecule has 0 spiro atoms. The van der Waals surface area contributed by atoms with Crippen molar-refractivity contribution >= 4 is 0 Å².